The molecule has 2 aromatic rings. The molecule has 0 aliphatic carbocycles. The van der Waals surface area contributed by atoms with Crippen LogP contribution in [-0.4, -0.2) is 43.9 Å². The number of hydrogen-bond acceptors (Lipinski definition) is 4. The first kappa shape index (κ1) is 35.3. The summed E-state index contributed by atoms with van der Waals surface area (Å²) in [6.07, 6.45) is 10.1. The van der Waals surface area contributed by atoms with Crippen LogP contribution in [0.5, 0.6) is 0 Å². The van der Waals surface area contributed by atoms with E-state index in [4.69, 9.17) is 0 Å². The Labute approximate surface area is 276 Å². The zero-order valence-corrected chi connectivity index (χ0v) is 28.5. The number of H-pyrrole nitrogens is 2. The van der Waals surface area contributed by atoms with Crippen LogP contribution >= 0.6 is 0 Å². The molecule has 252 valence electrons. The summed E-state index contributed by atoms with van der Waals surface area (Å²) < 4.78 is 0. The lowest BCUT2D eigenvalue weighted by Crippen LogP contribution is -2.16. The Hall–Kier alpha value is -4.60. The number of carbonyl (C=O) groups is 4. The van der Waals surface area contributed by atoms with E-state index in [0.29, 0.717) is 32.1 Å². The zero-order valence-electron chi connectivity index (χ0n) is 28.5. The summed E-state index contributed by atoms with van der Waals surface area (Å²) in [5, 5.41) is 25.0. The van der Waals surface area contributed by atoms with Gasteiger partial charge in [0.15, 0.2) is 0 Å². The Balaban J connectivity index is 1.76. The Morgan fingerprint density at radius 2 is 1.02 bits per heavy atom. The van der Waals surface area contributed by atoms with Gasteiger partial charge < -0.3 is 30.8 Å². The van der Waals surface area contributed by atoms with E-state index in [9.17, 15) is 29.4 Å². The van der Waals surface area contributed by atoms with Gasteiger partial charge in [0.05, 0.1) is 0 Å². The number of aromatic amines is 2. The monoisotopic (exact) mass is 644 g/mol. The molecule has 0 fully saturated rings. The van der Waals surface area contributed by atoms with Crippen LogP contribution < -0.4 is 10.6 Å². The van der Waals surface area contributed by atoms with Gasteiger partial charge in [-0.3, -0.25) is 19.2 Å². The molecule has 0 unspecified atom stereocenters. The maximum absolute atomic E-state index is 12.7. The lowest BCUT2D eigenvalue weighted by atomic mass is 9.98. The molecule has 6 N–H and O–H groups in total. The fourth-order valence-electron chi connectivity index (χ4n) is 6.48. The van der Waals surface area contributed by atoms with Crippen LogP contribution in [0.1, 0.15) is 124 Å². The maximum atomic E-state index is 12.7. The van der Waals surface area contributed by atoms with Crippen molar-refractivity contribution in [2.75, 3.05) is 0 Å². The molecule has 10 nitrogen and oxygen atoms in total. The van der Waals surface area contributed by atoms with Crippen molar-refractivity contribution in [3.63, 3.8) is 0 Å². The van der Waals surface area contributed by atoms with Crippen molar-refractivity contribution in [2.24, 2.45) is 0 Å². The molecule has 2 aliphatic rings. The van der Waals surface area contributed by atoms with E-state index >= 15 is 0 Å². The number of aliphatic carboxylic acids is 2. The van der Waals surface area contributed by atoms with E-state index in [1.54, 1.807) is 0 Å². The Morgan fingerprint density at radius 3 is 1.36 bits per heavy atom. The summed E-state index contributed by atoms with van der Waals surface area (Å²) >= 11 is 0. The number of aromatic nitrogens is 2. The Morgan fingerprint density at radius 1 is 0.638 bits per heavy atom. The molecule has 0 bridgehead atoms. The Bertz CT molecular complexity index is 1590. The Kier molecular flexibility index (Phi) is 11.5. The van der Waals surface area contributed by atoms with Gasteiger partial charge in [-0.15, -0.1) is 0 Å². The molecule has 0 radical (unpaired) electrons. The van der Waals surface area contributed by atoms with E-state index in [1.165, 1.54) is 0 Å². The molecule has 4 rings (SSSR count). The number of amides is 2. The summed E-state index contributed by atoms with van der Waals surface area (Å²) in [5.41, 5.74) is 11.7. The van der Waals surface area contributed by atoms with Gasteiger partial charge >= 0.3 is 11.9 Å². The van der Waals surface area contributed by atoms with Crippen LogP contribution in [0.15, 0.2) is 33.7 Å². The van der Waals surface area contributed by atoms with Crippen molar-refractivity contribution in [1.82, 2.24) is 20.6 Å². The first-order valence-corrected chi connectivity index (χ1v) is 16.7. The summed E-state index contributed by atoms with van der Waals surface area (Å²) in [7, 11) is 0. The van der Waals surface area contributed by atoms with Gasteiger partial charge in [-0.2, -0.15) is 0 Å². The van der Waals surface area contributed by atoms with Crippen molar-refractivity contribution in [2.45, 2.75) is 112 Å². The predicted molar refractivity (Wildman–Crippen MR) is 182 cm³/mol. The van der Waals surface area contributed by atoms with Crippen molar-refractivity contribution in [3.05, 3.63) is 78.7 Å². The van der Waals surface area contributed by atoms with Crippen LogP contribution in [0.3, 0.4) is 0 Å². The number of hydrogen-bond donors (Lipinski definition) is 6. The number of unbranched alkanes of at least 4 members (excludes halogenated alkanes) is 2. The van der Waals surface area contributed by atoms with Crippen LogP contribution in [0.2, 0.25) is 0 Å². The number of carboxylic acids is 2. The van der Waals surface area contributed by atoms with Gasteiger partial charge in [0.25, 0.3) is 11.8 Å². The molecule has 2 aromatic heterocycles. The highest BCUT2D eigenvalue weighted by molar-refractivity contribution is 6.02. The van der Waals surface area contributed by atoms with Gasteiger partial charge in [-0.25, -0.2) is 0 Å². The molecule has 4 heterocycles. The fraction of sp³-hybridized carbons (Fsp3) is 0.459. The highest BCUT2D eigenvalue weighted by atomic mass is 16.4. The topological polar surface area (TPSA) is 164 Å². The maximum Gasteiger partial charge on any atom is 0.303 e. The predicted octanol–water partition coefficient (Wildman–Crippen LogP) is 6.54. The smallest absolute Gasteiger partial charge is 0.303 e. The lowest BCUT2D eigenvalue weighted by Gasteiger charge is -2.07. The first-order valence-electron chi connectivity index (χ1n) is 16.7. The molecular weight excluding hydrogens is 596 g/mol. The summed E-state index contributed by atoms with van der Waals surface area (Å²) in [6, 6.07) is 0. The number of rotatable bonds is 16. The minimum atomic E-state index is -0.897. The van der Waals surface area contributed by atoms with Crippen LogP contribution in [0.4, 0.5) is 0 Å². The molecule has 2 amide bonds. The van der Waals surface area contributed by atoms with Gasteiger partial charge in [0, 0.05) is 64.6 Å². The highest BCUT2D eigenvalue weighted by Crippen LogP contribution is 2.32. The van der Waals surface area contributed by atoms with Crippen molar-refractivity contribution in [1.29, 1.82) is 0 Å². The van der Waals surface area contributed by atoms with E-state index in [-0.39, 0.29) is 24.7 Å². The molecule has 10 heteroatoms. The second kappa shape index (κ2) is 15.3. The number of nitrogens with one attached hydrogen (secondary N) is 4. The van der Waals surface area contributed by atoms with Crippen molar-refractivity contribution in [3.8, 4) is 0 Å². The van der Waals surface area contributed by atoms with Gasteiger partial charge in [0.1, 0.15) is 0 Å². The SMILES string of the molecule is CCCCC1=C(C)/C(=C/c2[nH]c(Cc3[nH]c(/C=C4\NC(=O)C(CCCC)=C4C)c(C)c3CCC(=O)O)c(CCC(=O)O)c2C)NC1=O. The van der Waals surface area contributed by atoms with E-state index < -0.39 is 11.9 Å². The van der Waals surface area contributed by atoms with Crippen molar-refractivity contribution >= 4 is 35.9 Å². The third kappa shape index (κ3) is 8.04. The number of carboxylic acid groups (broad SMARTS) is 2. The number of allylic oxidation sites excluding steroid dienone is 2. The normalized spacial score (nSPS) is 16.6. The molecule has 0 atom stereocenters. The lowest BCUT2D eigenvalue weighted by molar-refractivity contribution is -0.138. The molecule has 0 saturated heterocycles. The standard InChI is InChI=1S/C37H48N4O6/c1-7-9-11-26-22(5)30(40-36(26)46)17-28-20(3)24(13-15-34(42)43)32(38-28)19-33-25(14-16-35(44)45)21(4)29(39-33)18-31-23(6)27(12-10-8-2)37(47)41-31/h17-18,38-39H,7-16,19H2,1-6H3,(H,40,46)(H,41,47)(H,42,43)(H,44,45)/b30-17-,31-18-. The minimum Gasteiger partial charge on any atom is -0.481 e. The quantitative estimate of drug-likeness (QED) is 0.121. The zero-order chi connectivity index (χ0) is 34.4. The van der Waals surface area contributed by atoms with E-state index in [1.807, 2.05) is 39.8 Å². The van der Waals surface area contributed by atoms with Gasteiger partial charge in [-0.05, 0) is 112 Å². The van der Waals surface area contributed by atoms with Crippen LogP contribution in [-0.2, 0) is 38.4 Å². The molecule has 0 aromatic carbocycles. The summed E-state index contributed by atoms with van der Waals surface area (Å²) in [4.78, 5) is 55.7. The van der Waals surface area contributed by atoms with Crippen LogP contribution in [0.25, 0.3) is 12.2 Å². The van der Waals surface area contributed by atoms with Gasteiger partial charge in [0.2, 0.25) is 0 Å². The molecule has 0 saturated carbocycles. The number of carbonyl (C=O) groups excluding carboxylic acids is 2. The first-order chi connectivity index (χ1) is 22.4. The van der Waals surface area contributed by atoms with E-state index in [2.05, 4.69) is 34.4 Å². The minimum absolute atomic E-state index is 0.0445. The second-order valence-electron chi connectivity index (χ2n) is 12.6. The van der Waals surface area contributed by atoms with Gasteiger partial charge in [-0.1, -0.05) is 26.7 Å². The van der Waals surface area contributed by atoms with Crippen LogP contribution in [0, 0.1) is 13.8 Å². The third-order valence-electron chi connectivity index (χ3n) is 9.44. The van der Waals surface area contributed by atoms with E-state index in [0.717, 1.165) is 104 Å². The molecule has 47 heavy (non-hydrogen) atoms. The highest BCUT2D eigenvalue weighted by Gasteiger charge is 2.27. The molecule has 2 aliphatic heterocycles. The summed E-state index contributed by atoms with van der Waals surface area (Å²) in [5.74, 6) is -1.95. The fourth-order valence-corrected chi connectivity index (χ4v) is 6.48. The molecule has 0 spiro atoms. The second-order valence-corrected chi connectivity index (χ2v) is 12.6. The summed E-state index contributed by atoms with van der Waals surface area (Å²) in [6.45, 7) is 12.0. The average molecular weight is 645 g/mol. The largest absolute Gasteiger partial charge is 0.481 e. The average Bonchev–Trinajstić information content (AvgIpc) is 3.65. The third-order valence-corrected chi connectivity index (χ3v) is 9.44. The molecular formula is C37H48N4O6. The van der Waals surface area contributed by atoms with Crippen molar-refractivity contribution < 1.29 is 29.4 Å².